The Morgan fingerprint density at radius 1 is 1.11 bits per heavy atom. The number of aliphatic hydroxyl groups excluding tert-OH is 3. The van der Waals surface area contributed by atoms with Crippen LogP contribution in [0.1, 0.15) is 6.42 Å². The van der Waals surface area contributed by atoms with Crippen molar-refractivity contribution in [3.63, 3.8) is 0 Å². The molecule has 5 N–H and O–H groups in total. The maximum absolute atomic E-state index is 8.90. The summed E-state index contributed by atoms with van der Waals surface area (Å²) in [6, 6.07) is -0.477. The number of nitrogens with two attached hydrogens (primary N) is 1. The lowest BCUT2D eigenvalue weighted by molar-refractivity contribution is -0.0205. The molecule has 9 heavy (non-hydrogen) atoms. The molecule has 1 fully saturated rings. The van der Waals surface area contributed by atoms with Crippen LogP contribution in [0.5, 0.6) is 0 Å². The Morgan fingerprint density at radius 2 is 1.67 bits per heavy atom. The van der Waals surface area contributed by atoms with Crippen LogP contribution in [0.4, 0.5) is 0 Å². The third-order valence-corrected chi connectivity index (χ3v) is 1.70. The van der Waals surface area contributed by atoms with Gasteiger partial charge in [-0.2, -0.15) is 0 Å². The van der Waals surface area contributed by atoms with Crippen molar-refractivity contribution >= 4 is 0 Å². The molecule has 4 atom stereocenters. The SMILES string of the molecule is N[C@@H]1C[C@@H](O)[C@@H](O)[C@H]1O. The maximum Gasteiger partial charge on any atom is 0.107 e. The quantitative estimate of drug-likeness (QED) is 0.302. The van der Waals surface area contributed by atoms with Crippen molar-refractivity contribution in [1.82, 2.24) is 0 Å². The fraction of sp³-hybridized carbons (Fsp3) is 1.00. The maximum atomic E-state index is 8.90. The van der Waals surface area contributed by atoms with Gasteiger partial charge in [-0.15, -0.1) is 0 Å². The summed E-state index contributed by atoms with van der Waals surface area (Å²) in [4.78, 5) is 0. The molecule has 0 amide bonds. The summed E-state index contributed by atoms with van der Waals surface area (Å²) in [5, 5.41) is 26.6. The highest BCUT2D eigenvalue weighted by Gasteiger charge is 2.38. The highest BCUT2D eigenvalue weighted by molar-refractivity contribution is 4.93. The Hall–Kier alpha value is -0.160. The topological polar surface area (TPSA) is 86.7 Å². The molecule has 0 unspecified atom stereocenters. The first-order valence-electron chi connectivity index (χ1n) is 2.92. The third kappa shape index (κ3) is 1.07. The normalized spacial score (nSPS) is 52.0. The average Bonchev–Trinajstić information content (AvgIpc) is 1.98. The molecule has 0 bridgehead atoms. The standard InChI is InChI=1S/C5H11NO3/c6-2-1-3(7)5(9)4(2)8/h2-5,7-9H,1,6H2/t2-,3-,4+,5-/m1/s1. The van der Waals surface area contributed by atoms with Crippen LogP contribution < -0.4 is 5.73 Å². The van der Waals surface area contributed by atoms with Gasteiger partial charge in [0.1, 0.15) is 6.10 Å². The second-order valence-corrected chi connectivity index (χ2v) is 2.45. The first-order valence-corrected chi connectivity index (χ1v) is 2.92. The molecule has 0 radical (unpaired) electrons. The second kappa shape index (κ2) is 2.22. The van der Waals surface area contributed by atoms with Crippen LogP contribution in [0.2, 0.25) is 0 Å². The van der Waals surface area contributed by atoms with Gasteiger partial charge in [0.15, 0.2) is 0 Å². The van der Waals surface area contributed by atoms with Crippen LogP contribution in [0.3, 0.4) is 0 Å². The summed E-state index contributed by atoms with van der Waals surface area (Å²) in [5.41, 5.74) is 5.29. The Kier molecular flexibility index (Phi) is 1.72. The summed E-state index contributed by atoms with van der Waals surface area (Å²) >= 11 is 0. The van der Waals surface area contributed by atoms with Crippen LogP contribution in [0.15, 0.2) is 0 Å². The monoisotopic (exact) mass is 133 g/mol. The smallest absolute Gasteiger partial charge is 0.107 e. The van der Waals surface area contributed by atoms with Crippen LogP contribution in [-0.2, 0) is 0 Å². The van der Waals surface area contributed by atoms with Crippen LogP contribution >= 0.6 is 0 Å². The van der Waals surface area contributed by atoms with Gasteiger partial charge >= 0.3 is 0 Å². The van der Waals surface area contributed by atoms with E-state index in [-0.39, 0.29) is 6.42 Å². The zero-order chi connectivity index (χ0) is 7.02. The fourth-order valence-corrected chi connectivity index (χ4v) is 1.04. The first kappa shape index (κ1) is 6.95. The average molecular weight is 133 g/mol. The summed E-state index contributed by atoms with van der Waals surface area (Å²) in [6.07, 6.45) is -2.59. The third-order valence-electron chi connectivity index (χ3n) is 1.70. The molecule has 0 saturated heterocycles. The fourth-order valence-electron chi connectivity index (χ4n) is 1.04. The van der Waals surface area contributed by atoms with Crippen molar-refractivity contribution in [1.29, 1.82) is 0 Å². The second-order valence-electron chi connectivity index (χ2n) is 2.45. The molecule has 4 heteroatoms. The van der Waals surface area contributed by atoms with Gasteiger partial charge in [0, 0.05) is 6.04 Å². The molecule has 0 aromatic carbocycles. The van der Waals surface area contributed by atoms with E-state index in [1.54, 1.807) is 0 Å². The minimum Gasteiger partial charge on any atom is -0.390 e. The molecule has 1 rings (SSSR count). The molecule has 4 nitrogen and oxygen atoms in total. The van der Waals surface area contributed by atoms with E-state index < -0.39 is 24.4 Å². The van der Waals surface area contributed by atoms with Gasteiger partial charge in [-0.25, -0.2) is 0 Å². The number of hydrogen-bond donors (Lipinski definition) is 4. The van der Waals surface area contributed by atoms with Crippen molar-refractivity contribution in [2.24, 2.45) is 5.73 Å². The predicted molar refractivity (Wildman–Crippen MR) is 30.6 cm³/mol. The summed E-state index contributed by atoms with van der Waals surface area (Å²) in [5.74, 6) is 0. The van der Waals surface area contributed by atoms with Crippen molar-refractivity contribution in [2.45, 2.75) is 30.8 Å². The predicted octanol–water partition coefficient (Wildman–Crippen LogP) is -2.20. The molecule has 1 aliphatic carbocycles. The van der Waals surface area contributed by atoms with E-state index in [1.807, 2.05) is 0 Å². The first-order chi connectivity index (χ1) is 4.13. The van der Waals surface area contributed by atoms with Gasteiger partial charge in [0.05, 0.1) is 12.2 Å². The lowest BCUT2D eigenvalue weighted by Crippen LogP contribution is -2.36. The molecule has 0 aromatic rings. The Labute approximate surface area is 52.9 Å². The van der Waals surface area contributed by atoms with Gasteiger partial charge in [-0.05, 0) is 6.42 Å². The molecule has 0 heterocycles. The van der Waals surface area contributed by atoms with Crippen molar-refractivity contribution < 1.29 is 15.3 Å². The Morgan fingerprint density at radius 3 is 1.78 bits per heavy atom. The number of rotatable bonds is 0. The molecular formula is C5H11NO3. The van der Waals surface area contributed by atoms with E-state index in [1.165, 1.54) is 0 Å². The minimum atomic E-state index is -1.06. The Balaban J connectivity index is 2.54. The molecule has 54 valence electrons. The number of hydrogen-bond acceptors (Lipinski definition) is 4. The van der Waals surface area contributed by atoms with E-state index in [4.69, 9.17) is 21.1 Å². The van der Waals surface area contributed by atoms with Gasteiger partial charge in [-0.1, -0.05) is 0 Å². The largest absolute Gasteiger partial charge is 0.390 e. The van der Waals surface area contributed by atoms with Crippen LogP contribution in [-0.4, -0.2) is 39.7 Å². The van der Waals surface area contributed by atoms with Crippen LogP contribution in [0, 0.1) is 0 Å². The van der Waals surface area contributed by atoms with E-state index in [0.29, 0.717) is 0 Å². The molecule has 0 aliphatic heterocycles. The van der Waals surface area contributed by atoms with E-state index in [2.05, 4.69) is 0 Å². The Bertz CT molecular complexity index is 96.4. The molecule has 0 aromatic heterocycles. The van der Waals surface area contributed by atoms with E-state index >= 15 is 0 Å². The number of aliphatic hydroxyl groups is 3. The van der Waals surface area contributed by atoms with Gasteiger partial charge in [0.2, 0.25) is 0 Å². The molecule has 0 spiro atoms. The van der Waals surface area contributed by atoms with Gasteiger partial charge in [-0.3, -0.25) is 0 Å². The highest BCUT2D eigenvalue weighted by Crippen LogP contribution is 2.18. The summed E-state index contributed by atoms with van der Waals surface area (Å²) in [6.45, 7) is 0. The molecule has 1 saturated carbocycles. The van der Waals surface area contributed by atoms with Gasteiger partial charge in [0.25, 0.3) is 0 Å². The molecular weight excluding hydrogens is 122 g/mol. The van der Waals surface area contributed by atoms with Gasteiger partial charge < -0.3 is 21.1 Å². The van der Waals surface area contributed by atoms with Crippen LogP contribution in [0.25, 0.3) is 0 Å². The zero-order valence-corrected chi connectivity index (χ0v) is 4.94. The lowest BCUT2D eigenvalue weighted by Gasteiger charge is -2.11. The zero-order valence-electron chi connectivity index (χ0n) is 4.94. The van der Waals surface area contributed by atoms with E-state index in [0.717, 1.165) is 0 Å². The van der Waals surface area contributed by atoms with Crippen molar-refractivity contribution in [3.8, 4) is 0 Å². The van der Waals surface area contributed by atoms with Crippen molar-refractivity contribution in [3.05, 3.63) is 0 Å². The highest BCUT2D eigenvalue weighted by atomic mass is 16.4. The lowest BCUT2D eigenvalue weighted by atomic mass is 10.2. The van der Waals surface area contributed by atoms with E-state index in [9.17, 15) is 0 Å². The summed E-state index contributed by atoms with van der Waals surface area (Å²) < 4.78 is 0. The minimum absolute atomic E-state index is 0.280. The summed E-state index contributed by atoms with van der Waals surface area (Å²) in [7, 11) is 0. The van der Waals surface area contributed by atoms with Crippen molar-refractivity contribution in [2.75, 3.05) is 0 Å². The molecule has 1 aliphatic rings.